The van der Waals surface area contributed by atoms with Gasteiger partial charge in [0.1, 0.15) is 16.7 Å². The van der Waals surface area contributed by atoms with E-state index in [4.69, 9.17) is 5.10 Å². The molecule has 3 heterocycles. The average molecular weight is 472 g/mol. The quantitative estimate of drug-likeness (QED) is 0.237. The molecule has 4 aromatic carbocycles. The van der Waals surface area contributed by atoms with Crippen LogP contribution in [0.25, 0.3) is 52.9 Å². The van der Waals surface area contributed by atoms with Crippen molar-refractivity contribution in [2.45, 2.75) is 0 Å². The van der Waals surface area contributed by atoms with E-state index in [1.807, 2.05) is 60.8 Å². The molecular weight excluding hydrogens is 454 g/mol. The number of rotatable bonds is 4. The summed E-state index contributed by atoms with van der Waals surface area (Å²) in [5.41, 5.74) is 3.21. The highest BCUT2D eigenvalue weighted by Crippen LogP contribution is 2.43. The number of carbonyl (C=O) groups is 1. The summed E-state index contributed by atoms with van der Waals surface area (Å²) >= 11 is 1.55. The zero-order valence-electron chi connectivity index (χ0n) is 18.4. The third-order valence-electron chi connectivity index (χ3n) is 6.39. The Morgan fingerprint density at radius 3 is 2.43 bits per heavy atom. The predicted octanol–water partition coefficient (Wildman–Crippen LogP) is 6.39. The number of hydrogen-bond acceptors (Lipinski definition) is 7. The minimum Gasteiger partial charge on any atom is -0.377 e. The summed E-state index contributed by atoms with van der Waals surface area (Å²) in [4.78, 5) is 22.4. The molecule has 0 fully saturated rings. The van der Waals surface area contributed by atoms with Gasteiger partial charge in [-0.25, -0.2) is 9.97 Å². The van der Waals surface area contributed by atoms with Gasteiger partial charge in [-0.05, 0) is 22.2 Å². The molecule has 0 spiro atoms. The number of Topliss-reactive ketones (excluding diaryl/α,β-unsaturated/α-hetero) is 1. The fourth-order valence-corrected chi connectivity index (χ4v) is 5.81. The van der Waals surface area contributed by atoms with Crippen molar-refractivity contribution in [3.8, 4) is 0 Å². The van der Waals surface area contributed by atoms with Crippen molar-refractivity contribution in [3.63, 3.8) is 0 Å². The summed E-state index contributed by atoms with van der Waals surface area (Å²) in [5.74, 6) is 0.0294. The van der Waals surface area contributed by atoms with Gasteiger partial charge in [0.2, 0.25) is 0 Å². The molecule has 35 heavy (non-hydrogen) atoms. The number of fused-ring (bicyclic) bond motifs is 10. The Morgan fingerprint density at radius 2 is 1.54 bits per heavy atom. The lowest BCUT2D eigenvalue weighted by Crippen LogP contribution is -2.14. The molecule has 0 atom stereocenters. The molecule has 0 saturated heterocycles. The van der Waals surface area contributed by atoms with Crippen LogP contribution in [0.5, 0.6) is 0 Å². The summed E-state index contributed by atoms with van der Waals surface area (Å²) < 4.78 is 0.980. The molecule has 0 radical (unpaired) electrons. The number of carbonyl (C=O) groups excluding carboxylic acids is 1. The minimum absolute atomic E-state index is 0.0294. The van der Waals surface area contributed by atoms with E-state index >= 15 is 0 Å². The number of hydrogen-bond donors (Lipinski definition) is 1. The molecule has 0 amide bonds. The number of nitrogens with one attached hydrogen (secondary N) is 1. The fourth-order valence-electron chi connectivity index (χ4n) is 4.85. The van der Waals surface area contributed by atoms with Crippen LogP contribution in [0.15, 0.2) is 85.3 Å². The zero-order valence-corrected chi connectivity index (χ0v) is 19.2. The van der Waals surface area contributed by atoms with Crippen molar-refractivity contribution in [2.24, 2.45) is 0 Å². The molecule has 7 rings (SSSR count). The van der Waals surface area contributed by atoms with Crippen LogP contribution in [0.2, 0.25) is 0 Å². The second-order valence-electron chi connectivity index (χ2n) is 8.36. The van der Waals surface area contributed by atoms with E-state index in [9.17, 15) is 4.79 Å². The standard InChI is InChI=1S/C28H17N5OS/c34-21(16-7-2-1-3-8-16)13-30-20-12-6-11-18-17-9-4-5-10-19(17)24-25-26-22(14-29-15-31-26)35-28(25)33-32-27(24)23(18)20/h1-12,14-15,30H,13H2. The van der Waals surface area contributed by atoms with Gasteiger partial charge in [0.05, 0.1) is 16.8 Å². The maximum Gasteiger partial charge on any atom is 0.181 e. The van der Waals surface area contributed by atoms with Crippen molar-refractivity contribution in [3.05, 3.63) is 90.9 Å². The first kappa shape index (κ1) is 19.9. The van der Waals surface area contributed by atoms with E-state index < -0.39 is 0 Å². The second-order valence-corrected chi connectivity index (χ2v) is 9.39. The Morgan fingerprint density at radius 1 is 0.771 bits per heavy atom. The minimum atomic E-state index is 0.0294. The van der Waals surface area contributed by atoms with E-state index in [2.05, 4.69) is 38.6 Å². The molecule has 0 aliphatic heterocycles. The Balaban J connectivity index is 1.53. The van der Waals surface area contributed by atoms with E-state index in [1.165, 1.54) is 0 Å². The van der Waals surface area contributed by atoms with Crippen molar-refractivity contribution in [2.75, 3.05) is 11.9 Å². The van der Waals surface area contributed by atoms with Crippen LogP contribution >= 0.6 is 11.3 Å². The lowest BCUT2D eigenvalue weighted by atomic mass is 9.95. The summed E-state index contributed by atoms with van der Waals surface area (Å²) in [6.45, 7) is 0.182. The SMILES string of the molecule is O=C(CNc1cccc2c3ccccc3c3c(nnc4sc5cncnc5c43)c12)c1ccccc1. The zero-order chi connectivity index (χ0) is 23.4. The van der Waals surface area contributed by atoms with Crippen molar-refractivity contribution in [1.29, 1.82) is 0 Å². The molecule has 0 saturated carbocycles. The van der Waals surface area contributed by atoms with Crippen LogP contribution in [-0.4, -0.2) is 32.5 Å². The molecular formula is C28H17N5OS. The molecule has 3 aromatic heterocycles. The van der Waals surface area contributed by atoms with Gasteiger partial charge in [0, 0.05) is 33.6 Å². The number of anilines is 1. The number of nitrogens with zero attached hydrogens (tertiary/aromatic N) is 4. The Hall–Kier alpha value is -4.49. The Labute approximate surface area is 203 Å². The third kappa shape index (κ3) is 3.05. The van der Waals surface area contributed by atoms with Crippen molar-refractivity contribution < 1.29 is 4.79 Å². The van der Waals surface area contributed by atoms with Crippen LogP contribution in [0.4, 0.5) is 5.69 Å². The second kappa shape index (κ2) is 7.78. The number of ketones is 1. The van der Waals surface area contributed by atoms with Gasteiger partial charge in [-0.2, -0.15) is 0 Å². The molecule has 166 valence electrons. The monoisotopic (exact) mass is 471 g/mol. The summed E-state index contributed by atoms with van der Waals surface area (Å²) in [6.07, 6.45) is 3.40. The van der Waals surface area contributed by atoms with Crippen LogP contribution in [0.1, 0.15) is 10.4 Å². The highest BCUT2D eigenvalue weighted by Gasteiger charge is 2.19. The third-order valence-corrected chi connectivity index (χ3v) is 7.38. The van der Waals surface area contributed by atoms with E-state index in [-0.39, 0.29) is 12.3 Å². The summed E-state index contributed by atoms with van der Waals surface area (Å²) in [7, 11) is 0. The molecule has 6 nitrogen and oxygen atoms in total. The van der Waals surface area contributed by atoms with Crippen LogP contribution in [0.3, 0.4) is 0 Å². The number of benzene rings is 4. The lowest BCUT2D eigenvalue weighted by Gasteiger charge is -2.14. The van der Waals surface area contributed by atoms with E-state index in [1.54, 1.807) is 17.7 Å². The normalized spacial score (nSPS) is 11.7. The van der Waals surface area contributed by atoms with Gasteiger partial charge in [0.25, 0.3) is 0 Å². The topological polar surface area (TPSA) is 80.7 Å². The molecule has 0 unspecified atom stereocenters. The van der Waals surface area contributed by atoms with Crippen LogP contribution in [0, 0.1) is 0 Å². The number of aromatic nitrogens is 4. The highest BCUT2D eigenvalue weighted by molar-refractivity contribution is 7.25. The maximum absolute atomic E-state index is 12.8. The van der Waals surface area contributed by atoms with Crippen LogP contribution in [-0.2, 0) is 0 Å². The Bertz CT molecular complexity index is 1930. The first-order valence-electron chi connectivity index (χ1n) is 11.2. The van der Waals surface area contributed by atoms with Crippen LogP contribution < -0.4 is 5.32 Å². The van der Waals surface area contributed by atoms with Gasteiger partial charge in [0.15, 0.2) is 5.78 Å². The van der Waals surface area contributed by atoms with Gasteiger partial charge < -0.3 is 5.32 Å². The predicted molar refractivity (Wildman–Crippen MR) is 142 cm³/mol. The fraction of sp³-hybridized carbons (Fsp3) is 0.0357. The molecule has 1 N–H and O–H groups in total. The molecule has 0 aliphatic rings. The molecule has 7 heteroatoms. The first-order chi connectivity index (χ1) is 17.3. The van der Waals surface area contributed by atoms with Gasteiger partial charge in [-0.15, -0.1) is 21.5 Å². The van der Waals surface area contributed by atoms with Gasteiger partial charge in [-0.1, -0.05) is 66.7 Å². The summed E-state index contributed by atoms with van der Waals surface area (Å²) in [6, 6.07) is 23.8. The molecule has 7 aromatic rings. The molecule has 0 bridgehead atoms. The van der Waals surface area contributed by atoms with Gasteiger partial charge >= 0.3 is 0 Å². The largest absolute Gasteiger partial charge is 0.377 e. The van der Waals surface area contributed by atoms with Crippen molar-refractivity contribution in [1.82, 2.24) is 20.2 Å². The van der Waals surface area contributed by atoms with Crippen molar-refractivity contribution >= 4 is 75.7 Å². The highest BCUT2D eigenvalue weighted by atomic mass is 32.1. The maximum atomic E-state index is 12.8. The summed E-state index contributed by atoms with van der Waals surface area (Å²) in [5, 5.41) is 18.9. The van der Waals surface area contributed by atoms with E-state index in [0.29, 0.717) is 5.56 Å². The molecule has 0 aliphatic carbocycles. The van der Waals surface area contributed by atoms with E-state index in [0.717, 1.165) is 58.6 Å². The Kier molecular flexibility index (Phi) is 4.43. The number of thiophene rings is 1. The smallest absolute Gasteiger partial charge is 0.181 e. The lowest BCUT2D eigenvalue weighted by molar-refractivity contribution is 0.101. The van der Waals surface area contributed by atoms with Gasteiger partial charge in [-0.3, -0.25) is 4.79 Å². The average Bonchev–Trinajstić information content (AvgIpc) is 3.31. The first-order valence-corrected chi connectivity index (χ1v) is 12.1.